The van der Waals surface area contributed by atoms with Gasteiger partial charge in [0.2, 0.25) is 0 Å². The Hall–Kier alpha value is -2.15. The van der Waals surface area contributed by atoms with E-state index in [1.54, 1.807) is 24.0 Å². The Balaban J connectivity index is 1.68. The van der Waals surface area contributed by atoms with Crippen LogP contribution >= 0.6 is 0 Å². The summed E-state index contributed by atoms with van der Waals surface area (Å²) in [6.07, 6.45) is 4.20. The molecule has 0 saturated carbocycles. The molecule has 0 radical (unpaired) electrons. The Morgan fingerprint density at radius 1 is 1.55 bits per heavy atom. The minimum absolute atomic E-state index is 0.0994. The van der Waals surface area contributed by atoms with Crippen LogP contribution in [0.2, 0.25) is 0 Å². The van der Waals surface area contributed by atoms with Gasteiger partial charge in [-0.3, -0.25) is 9.48 Å². The highest BCUT2D eigenvalue weighted by atomic mass is 16.5. The third kappa shape index (κ3) is 3.04. The third-order valence-corrected chi connectivity index (χ3v) is 3.87. The van der Waals surface area contributed by atoms with E-state index in [4.69, 9.17) is 4.52 Å². The first kappa shape index (κ1) is 14.8. The molecule has 2 aromatic heterocycles. The summed E-state index contributed by atoms with van der Waals surface area (Å²) in [7, 11) is 5.81. The molecule has 7 nitrogen and oxygen atoms in total. The molecule has 0 spiro atoms. The summed E-state index contributed by atoms with van der Waals surface area (Å²) in [5.41, 5.74) is 2.56. The first-order valence-corrected chi connectivity index (χ1v) is 7.44. The molecule has 1 aliphatic rings. The standard InChI is InChI=1S/C15H21N5O2/c1-19(2)9-13-11-8-10(4-5-14(11)22-18-13)16-15(21)12-6-7-20(3)17-12/h6-7,10H,4-5,8-9H2,1-3H3,(H,16,21). The van der Waals surface area contributed by atoms with E-state index in [1.807, 2.05) is 14.1 Å². The summed E-state index contributed by atoms with van der Waals surface area (Å²) in [6.45, 7) is 0.750. The number of amides is 1. The number of aromatic nitrogens is 3. The van der Waals surface area contributed by atoms with Gasteiger partial charge in [-0.25, -0.2) is 0 Å². The molecule has 2 heterocycles. The zero-order valence-electron chi connectivity index (χ0n) is 13.2. The van der Waals surface area contributed by atoms with Crippen molar-refractivity contribution >= 4 is 5.91 Å². The van der Waals surface area contributed by atoms with Crippen LogP contribution in [0.5, 0.6) is 0 Å². The number of nitrogens with zero attached hydrogens (tertiary/aromatic N) is 4. The van der Waals surface area contributed by atoms with E-state index in [1.165, 1.54) is 0 Å². The van der Waals surface area contributed by atoms with Gasteiger partial charge in [0.25, 0.3) is 5.91 Å². The normalized spacial score (nSPS) is 17.5. The van der Waals surface area contributed by atoms with Crippen molar-refractivity contribution in [3.05, 3.63) is 35.0 Å². The fourth-order valence-electron chi connectivity index (χ4n) is 2.81. The van der Waals surface area contributed by atoms with E-state index in [2.05, 4.69) is 20.5 Å². The van der Waals surface area contributed by atoms with Gasteiger partial charge >= 0.3 is 0 Å². The van der Waals surface area contributed by atoms with Crippen LogP contribution in [-0.4, -0.2) is 45.9 Å². The van der Waals surface area contributed by atoms with Crippen molar-refractivity contribution in [1.29, 1.82) is 0 Å². The molecule has 2 aromatic rings. The zero-order chi connectivity index (χ0) is 15.7. The van der Waals surface area contributed by atoms with Crippen LogP contribution in [-0.2, 0) is 26.4 Å². The lowest BCUT2D eigenvalue weighted by atomic mass is 9.92. The molecule has 1 aliphatic carbocycles. The Morgan fingerprint density at radius 2 is 2.36 bits per heavy atom. The first-order valence-electron chi connectivity index (χ1n) is 7.44. The maximum absolute atomic E-state index is 12.2. The summed E-state index contributed by atoms with van der Waals surface area (Å²) in [5.74, 6) is 0.833. The molecule has 1 atom stereocenters. The van der Waals surface area contributed by atoms with Gasteiger partial charge in [0, 0.05) is 37.8 Å². The monoisotopic (exact) mass is 303 g/mol. The maximum atomic E-state index is 12.2. The number of fused-ring (bicyclic) bond motifs is 1. The van der Waals surface area contributed by atoms with Crippen molar-refractivity contribution in [3.63, 3.8) is 0 Å². The van der Waals surface area contributed by atoms with Crippen LogP contribution in [0, 0.1) is 0 Å². The summed E-state index contributed by atoms with van der Waals surface area (Å²) < 4.78 is 7.05. The lowest BCUT2D eigenvalue weighted by molar-refractivity contribution is 0.0927. The molecular formula is C15H21N5O2. The van der Waals surface area contributed by atoms with Crippen LogP contribution in [0.3, 0.4) is 0 Å². The molecule has 0 saturated heterocycles. The number of carbonyl (C=O) groups excluding carboxylic acids is 1. The number of hydrogen-bond donors (Lipinski definition) is 1. The summed E-state index contributed by atoms with van der Waals surface area (Å²) >= 11 is 0. The lowest BCUT2D eigenvalue weighted by Crippen LogP contribution is -2.39. The Labute approximate surface area is 129 Å². The van der Waals surface area contributed by atoms with Crippen LogP contribution < -0.4 is 5.32 Å². The molecule has 0 bridgehead atoms. The van der Waals surface area contributed by atoms with E-state index in [-0.39, 0.29) is 11.9 Å². The van der Waals surface area contributed by atoms with E-state index in [9.17, 15) is 4.79 Å². The maximum Gasteiger partial charge on any atom is 0.272 e. The average Bonchev–Trinajstić information content (AvgIpc) is 3.05. The second-order valence-electron chi connectivity index (χ2n) is 6.06. The zero-order valence-corrected chi connectivity index (χ0v) is 13.2. The highest BCUT2D eigenvalue weighted by Gasteiger charge is 2.27. The van der Waals surface area contributed by atoms with Crippen LogP contribution in [0.15, 0.2) is 16.8 Å². The molecule has 118 valence electrons. The van der Waals surface area contributed by atoms with Gasteiger partial charge in [-0.2, -0.15) is 5.10 Å². The topological polar surface area (TPSA) is 76.2 Å². The third-order valence-electron chi connectivity index (χ3n) is 3.87. The second kappa shape index (κ2) is 5.92. The van der Waals surface area contributed by atoms with Crippen LogP contribution in [0.4, 0.5) is 0 Å². The molecule has 3 rings (SSSR count). The molecule has 0 aromatic carbocycles. The van der Waals surface area contributed by atoms with Crippen molar-refractivity contribution < 1.29 is 9.32 Å². The molecule has 1 N–H and O–H groups in total. The summed E-state index contributed by atoms with van der Waals surface area (Å²) in [6, 6.07) is 1.82. The SMILES string of the molecule is CN(C)Cc1noc2c1CC(NC(=O)c1ccn(C)n1)CC2. The lowest BCUT2D eigenvalue weighted by Gasteiger charge is -2.22. The molecule has 1 amide bonds. The fraction of sp³-hybridized carbons (Fsp3) is 0.533. The predicted molar refractivity (Wildman–Crippen MR) is 80.4 cm³/mol. The number of carbonyl (C=O) groups is 1. The van der Waals surface area contributed by atoms with Gasteiger partial charge in [0.15, 0.2) is 0 Å². The van der Waals surface area contributed by atoms with Crippen molar-refractivity contribution in [2.24, 2.45) is 7.05 Å². The summed E-state index contributed by atoms with van der Waals surface area (Å²) in [4.78, 5) is 14.3. The largest absolute Gasteiger partial charge is 0.361 e. The highest BCUT2D eigenvalue weighted by Crippen LogP contribution is 2.25. The first-order chi connectivity index (χ1) is 10.5. The molecule has 22 heavy (non-hydrogen) atoms. The molecule has 0 fully saturated rings. The van der Waals surface area contributed by atoms with Gasteiger partial charge < -0.3 is 14.7 Å². The number of rotatable bonds is 4. The molecule has 1 unspecified atom stereocenters. The highest BCUT2D eigenvalue weighted by molar-refractivity contribution is 5.92. The van der Waals surface area contributed by atoms with E-state index < -0.39 is 0 Å². The average molecular weight is 303 g/mol. The van der Waals surface area contributed by atoms with Crippen LogP contribution in [0.1, 0.15) is 33.9 Å². The smallest absolute Gasteiger partial charge is 0.272 e. The quantitative estimate of drug-likeness (QED) is 0.902. The van der Waals surface area contributed by atoms with E-state index in [0.29, 0.717) is 5.69 Å². The predicted octanol–water partition coefficient (Wildman–Crippen LogP) is 0.757. The Bertz CT molecular complexity index is 673. The van der Waals surface area contributed by atoms with E-state index in [0.717, 1.165) is 42.8 Å². The minimum Gasteiger partial charge on any atom is -0.361 e. The van der Waals surface area contributed by atoms with E-state index >= 15 is 0 Å². The van der Waals surface area contributed by atoms with Gasteiger partial charge in [0.1, 0.15) is 17.1 Å². The number of nitrogens with one attached hydrogen (secondary N) is 1. The fourth-order valence-corrected chi connectivity index (χ4v) is 2.81. The Morgan fingerprint density at radius 3 is 3.05 bits per heavy atom. The van der Waals surface area contributed by atoms with Crippen molar-refractivity contribution in [2.75, 3.05) is 14.1 Å². The molecule has 7 heteroatoms. The van der Waals surface area contributed by atoms with Crippen molar-refractivity contribution in [3.8, 4) is 0 Å². The van der Waals surface area contributed by atoms with Gasteiger partial charge in [-0.1, -0.05) is 5.16 Å². The van der Waals surface area contributed by atoms with Crippen molar-refractivity contribution in [1.82, 2.24) is 25.2 Å². The second-order valence-corrected chi connectivity index (χ2v) is 6.06. The van der Waals surface area contributed by atoms with Gasteiger partial charge in [0.05, 0.1) is 0 Å². The number of hydrogen-bond acceptors (Lipinski definition) is 5. The minimum atomic E-state index is -0.125. The molecular weight excluding hydrogens is 282 g/mol. The van der Waals surface area contributed by atoms with Gasteiger partial charge in [-0.15, -0.1) is 0 Å². The van der Waals surface area contributed by atoms with Crippen LogP contribution in [0.25, 0.3) is 0 Å². The van der Waals surface area contributed by atoms with Gasteiger partial charge in [-0.05, 0) is 33.0 Å². The molecule has 0 aliphatic heterocycles. The number of aryl methyl sites for hydroxylation is 2. The van der Waals surface area contributed by atoms with Crippen molar-refractivity contribution in [2.45, 2.75) is 31.8 Å². The Kier molecular flexibility index (Phi) is 3.98. The summed E-state index contributed by atoms with van der Waals surface area (Å²) in [5, 5.41) is 11.4.